The summed E-state index contributed by atoms with van der Waals surface area (Å²) in [6.45, 7) is 9.41. The van der Waals surface area contributed by atoms with Gasteiger partial charge in [-0.15, -0.1) is 0 Å². The molecule has 2 amide bonds. The van der Waals surface area contributed by atoms with Crippen molar-refractivity contribution < 1.29 is 9.59 Å². The number of piperazine rings is 1. The number of carbonyl (C=O) groups excluding carboxylic acids is 2. The molecular formula is C18H33N3O2. The monoisotopic (exact) mass is 323 g/mol. The second-order valence-electron chi connectivity index (χ2n) is 8.26. The summed E-state index contributed by atoms with van der Waals surface area (Å²) >= 11 is 0. The zero-order valence-corrected chi connectivity index (χ0v) is 15.2. The van der Waals surface area contributed by atoms with Crippen LogP contribution in [0.5, 0.6) is 0 Å². The van der Waals surface area contributed by atoms with Gasteiger partial charge in [0.15, 0.2) is 0 Å². The zero-order valence-electron chi connectivity index (χ0n) is 15.2. The van der Waals surface area contributed by atoms with E-state index in [1.807, 2.05) is 4.90 Å². The summed E-state index contributed by atoms with van der Waals surface area (Å²) in [7, 11) is 1.73. The van der Waals surface area contributed by atoms with Crippen LogP contribution in [0, 0.1) is 11.3 Å². The summed E-state index contributed by atoms with van der Waals surface area (Å²) in [4.78, 5) is 29.0. The van der Waals surface area contributed by atoms with E-state index < -0.39 is 0 Å². The van der Waals surface area contributed by atoms with E-state index in [2.05, 4.69) is 31.0 Å². The van der Waals surface area contributed by atoms with Crippen molar-refractivity contribution in [2.24, 2.45) is 11.3 Å². The van der Waals surface area contributed by atoms with E-state index in [9.17, 15) is 9.59 Å². The maximum Gasteiger partial charge on any atom is 0.237 e. The number of nitrogens with zero attached hydrogens (tertiary/aromatic N) is 2. The molecule has 132 valence electrons. The van der Waals surface area contributed by atoms with Crippen LogP contribution in [-0.2, 0) is 9.59 Å². The lowest BCUT2D eigenvalue weighted by molar-refractivity contribution is -0.136. The molecule has 2 fully saturated rings. The second kappa shape index (κ2) is 7.65. The lowest BCUT2D eigenvalue weighted by Gasteiger charge is -2.41. The summed E-state index contributed by atoms with van der Waals surface area (Å²) in [6.07, 6.45) is 5.38. The molecule has 5 nitrogen and oxygen atoms in total. The Balaban J connectivity index is 1.93. The molecule has 0 bridgehead atoms. The number of hydrogen-bond acceptors (Lipinski definition) is 3. The molecule has 0 aromatic heterocycles. The van der Waals surface area contributed by atoms with Crippen LogP contribution in [0.2, 0.25) is 0 Å². The van der Waals surface area contributed by atoms with Crippen LogP contribution in [0.15, 0.2) is 0 Å². The van der Waals surface area contributed by atoms with Gasteiger partial charge in [-0.25, -0.2) is 0 Å². The highest BCUT2D eigenvalue weighted by atomic mass is 16.2. The molecule has 23 heavy (non-hydrogen) atoms. The van der Waals surface area contributed by atoms with Crippen LogP contribution in [0.25, 0.3) is 0 Å². The smallest absolute Gasteiger partial charge is 0.237 e. The Morgan fingerprint density at radius 3 is 2.13 bits per heavy atom. The van der Waals surface area contributed by atoms with E-state index in [0.29, 0.717) is 12.3 Å². The number of rotatable bonds is 4. The predicted octanol–water partition coefficient (Wildman–Crippen LogP) is 1.87. The van der Waals surface area contributed by atoms with E-state index >= 15 is 0 Å². The lowest BCUT2D eigenvalue weighted by Crippen LogP contribution is -2.57. The third-order valence-electron chi connectivity index (χ3n) is 5.10. The van der Waals surface area contributed by atoms with E-state index in [1.165, 1.54) is 12.8 Å². The number of hydrogen-bond donors (Lipinski definition) is 1. The third-order valence-corrected chi connectivity index (χ3v) is 5.10. The van der Waals surface area contributed by atoms with Crippen molar-refractivity contribution in [1.29, 1.82) is 0 Å². The van der Waals surface area contributed by atoms with Gasteiger partial charge in [0, 0.05) is 39.6 Å². The molecule has 1 unspecified atom stereocenters. The normalized spacial score (nSPS) is 22.2. The number of nitrogens with one attached hydrogen (secondary N) is 1. The Bertz CT molecular complexity index is 416. The first kappa shape index (κ1) is 18.2. The van der Waals surface area contributed by atoms with Crippen molar-refractivity contribution in [2.45, 2.75) is 58.9 Å². The van der Waals surface area contributed by atoms with Gasteiger partial charge in [-0.1, -0.05) is 33.6 Å². The Labute approximate surface area is 140 Å². The standard InChI is InChI=1S/C18H33N3O2/c1-18(2,3)13-15(22)20-9-11-21(12-10-20)16(17(23)19-4)14-7-5-6-8-14/h14,16H,5-13H2,1-4H3,(H,19,23). The summed E-state index contributed by atoms with van der Waals surface area (Å²) in [5.41, 5.74) is 0.0305. The third kappa shape index (κ3) is 4.93. The van der Waals surface area contributed by atoms with Crippen LogP contribution in [0.1, 0.15) is 52.9 Å². The minimum atomic E-state index is -0.0117. The van der Waals surface area contributed by atoms with Gasteiger partial charge in [-0.05, 0) is 24.2 Å². The fourth-order valence-corrected chi connectivity index (χ4v) is 3.91. The van der Waals surface area contributed by atoms with Gasteiger partial charge in [0.05, 0.1) is 6.04 Å². The molecule has 1 atom stereocenters. The summed E-state index contributed by atoms with van der Waals surface area (Å²) < 4.78 is 0. The van der Waals surface area contributed by atoms with Crippen molar-refractivity contribution in [2.75, 3.05) is 33.2 Å². The van der Waals surface area contributed by atoms with Crippen molar-refractivity contribution in [3.05, 3.63) is 0 Å². The summed E-state index contributed by atoms with van der Waals surface area (Å²) in [6, 6.07) is -0.0117. The largest absolute Gasteiger partial charge is 0.358 e. The van der Waals surface area contributed by atoms with Gasteiger partial charge < -0.3 is 10.2 Å². The molecule has 1 heterocycles. The average molecular weight is 323 g/mol. The molecule has 0 aromatic carbocycles. The lowest BCUT2D eigenvalue weighted by atomic mass is 9.91. The molecule has 1 aliphatic carbocycles. The number of amides is 2. The molecule has 2 aliphatic rings. The maximum absolute atomic E-state index is 12.4. The minimum absolute atomic E-state index is 0.0117. The Morgan fingerprint density at radius 1 is 1.09 bits per heavy atom. The molecule has 5 heteroatoms. The molecule has 2 rings (SSSR count). The molecule has 0 spiro atoms. The quantitative estimate of drug-likeness (QED) is 0.859. The SMILES string of the molecule is CNC(=O)C(C1CCCC1)N1CCN(C(=O)CC(C)(C)C)CC1. The maximum atomic E-state index is 12.4. The average Bonchev–Trinajstić information content (AvgIpc) is 3.00. The fraction of sp³-hybridized carbons (Fsp3) is 0.889. The van der Waals surface area contributed by atoms with Crippen LogP contribution in [-0.4, -0.2) is 60.9 Å². The highest BCUT2D eigenvalue weighted by Gasteiger charge is 2.37. The molecule has 0 radical (unpaired) electrons. The molecule has 0 aromatic rings. The summed E-state index contributed by atoms with van der Waals surface area (Å²) in [5, 5.41) is 2.84. The van der Waals surface area contributed by atoms with Crippen LogP contribution < -0.4 is 5.32 Å². The van der Waals surface area contributed by atoms with Crippen molar-refractivity contribution in [1.82, 2.24) is 15.1 Å². The van der Waals surface area contributed by atoms with Crippen LogP contribution >= 0.6 is 0 Å². The molecule has 1 aliphatic heterocycles. The Kier molecular flexibility index (Phi) is 6.06. The molecule has 1 saturated carbocycles. The van der Waals surface area contributed by atoms with Gasteiger partial charge >= 0.3 is 0 Å². The van der Waals surface area contributed by atoms with Gasteiger partial charge in [0.1, 0.15) is 0 Å². The second-order valence-corrected chi connectivity index (χ2v) is 8.26. The van der Waals surface area contributed by atoms with Crippen LogP contribution in [0.4, 0.5) is 0 Å². The first-order chi connectivity index (χ1) is 10.8. The van der Waals surface area contributed by atoms with Crippen molar-refractivity contribution in [3.8, 4) is 0 Å². The highest BCUT2D eigenvalue weighted by molar-refractivity contribution is 5.82. The first-order valence-electron chi connectivity index (χ1n) is 9.05. The van der Waals surface area contributed by atoms with Gasteiger partial charge in [0.25, 0.3) is 0 Å². The molecule has 1 saturated heterocycles. The van der Waals surface area contributed by atoms with Gasteiger partial charge in [-0.2, -0.15) is 0 Å². The predicted molar refractivity (Wildman–Crippen MR) is 92.0 cm³/mol. The Hall–Kier alpha value is -1.10. The molecule has 1 N–H and O–H groups in total. The minimum Gasteiger partial charge on any atom is -0.358 e. The van der Waals surface area contributed by atoms with Crippen molar-refractivity contribution in [3.63, 3.8) is 0 Å². The van der Waals surface area contributed by atoms with E-state index in [0.717, 1.165) is 39.0 Å². The Morgan fingerprint density at radius 2 is 1.65 bits per heavy atom. The summed E-state index contributed by atoms with van der Waals surface area (Å²) in [5.74, 6) is 0.868. The first-order valence-corrected chi connectivity index (χ1v) is 9.05. The molecular weight excluding hydrogens is 290 g/mol. The highest BCUT2D eigenvalue weighted by Crippen LogP contribution is 2.31. The number of likely N-dealkylation sites (N-methyl/N-ethyl adjacent to an activating group) is 1. The van der Waals surface area contributed by atoms with Crippen LogP contribution in [0.3, 0.4) is 0 Å². The number of carbonyl (C=O) groups is 2. The van der Waals surface area contributed by atoms with Crippen molar-refractivity contribution >= 4 is 11.8 Å². The van der Waals surface area contributed by atoms with E-state index in [4.69, 9.17) is 0 Å². The van der Waals surface area contributed by atoms with E-state index in [1.54, 1.807) is 7.05 Å². The topological polar surface area (TPSA) is 52.7 Å². The van der Waals surface area contributed by atoms with Gasteiger partial charge in [-0.3, -0.25) is 14.5 Å². The zero-order chi connectivity index (χ0) is 17.0. The fourth-order valence-electron chi connectivity index (χ4n) is 3.91. The van der Waals surface area contributed by atoms with Gasteiger partial charge in [0.2, 0.25) is 11.8 Å². The van der Waals surface area contributed by atoms with E-state index in [-0.39, 0.29) is 23.3 Å².